The van der Waals surface area contributed by atoms with Crippen molar-refractivity contribution >= 4 is 17.6 Å². The fraction of sp³-hybridized carbons (Fsp3) is 0.483. The van der Waals surface area contributed by atoms with Crippen LogP contribution in [0.1, 0.15) is 80.4 Å². The summed E-state index contributed by atoms with van der Waals surface area (Å²) in [5.41, 5.74) is -7.99. The molecule has 10 nitrogen and oxygen atoms in total. The fourth-order valence-corrected chi connectivity index (χ4v) is 4.59. The van der Waals surface area contributed by atoms with Crippen LogP contribution in [0.3, 0.4) is 0 Å². The minimum atomic E-state index is -5.19. The van der Waals surface area contributed by atoms with E-state index in [4.69, 9.17) is 13.9 Å². The van der Waals surface area contributed by atoms with E-state index in [-0.39, 0.29) is 12.8 Å². The summed E-state index contributed by atoms with van der Waals surface area (Å²) in [6.07, 6.45) is -15.2. The number of hydrogen-bond donors (Lipinski definition) is 2. The molecule has 2 atom stereocenters. The molecule has 0 aliphatic carbocycles. The number of benzene rings is 1. The lowest BCUT2D eigenvalue weighted by molar-refractivity contribution is -0.300. The molecule has 0 radical (unpaired) electrons. The van der Waals surface area contributed by atoms with Crippen LogP contribution < -0.4 is 5.32 Å². The van der Waals surface area contributed by atoms with Crippen LogP contribution >= 0.6 is 0 Å². The van der Waals surface area contributed by atoms with Crippen LogP contribution in [0.15, 0.2) is 40.8 Å². The molecule has 2 aromatic heterocycles. The number of anilines is 1. The van der Waals surface area contributed by atoms with E-state index in [2.05, 4.69) is 20.5 Å². The van der Waals surface area contributed by atoms with Gasteiger partial charge >= 0.3 is 18.4 Å². The first-order chi connectivity index (χ1) is 20.9. The number of amides is 1. The maximum atomic E-state index is 14.9. The molecule has 1 amide bonds. The Hall–Kier alpha value is -4.05. The van der Waals surface area contributed by atoms with Crippen molar-refractivity contribution in [1.82, 2.24) is 15.2 Å². The number of hydrogen-bond acceptors (Lipinski definition) is 9. The first-order valence-electron chi connectivity index (χ1n) is 13.8. The van der Waals surface area contributed by atoms with Gasteiger partial charge in [-0.2, -0.15) is 26.3 Å². The van der Waals surface area contributed by atoms with E-state index < -0.39 is 102 Å². The molecule has 2 N–H and O–H groups in total. The molecule has 45 heavy (non-hydrogen) atoms. The largest absolute Gasteiger partial charge is 0.444 e. The number of Topliss-reactive ketones (excluding diaryl/α,β-unsaturated/α-hetero) is 1. The van der Waals surface area contributed by atoms with Crippen LogP contribution in [-0.4, -0.2) is 50.0 Å². The van der Waals surface area contributed by atoms with Crippen LogP contribution in [-0.2, 0) is 27.9 Å². The minimum absolute atomic E-state index is 0.158. The smallest absolute Gasteiger partial charge is 0.426 e. The van der Waals surface area contributed by atoms with Crippen molar-refractivity contribution in [1.29, 1.82) is 0 Å². The van der Waals surface area contributed by atoms with Crippen molar-refractivity contribution in [3.05, 3.63) is 59.1 Å². The van der Waals surface area contributed by atoms with Crippen LogP contribution in [0.5, 0.6) is 0 Å². The molecule has 0 fully saturated rings. The second-order valence-electron chi connectivity index (χ2n) is 11.4. The van der Waals surface area contributed by atoms with Gasteiger partial charge in [0.1, 0.15) is 11.3 Å². The summed E-state index contributed by atoms with van der Waals surface area (Å²) in [7, 11) is 0. The number of halogens is 6. The average Bonchev–Trinajstić information content (AvgIpc) is 3.41. The highest BCUT2D eigenvalue weighted by Crippen LogP contribution is 2.47. The SMILES string of the molecule is CC(C)(C)OC(=O)Nc1cc(C(F)(F)F)c2nc1-c1nnc(o1)[C@@](OCc1ccccc1)(C(F)(F)F)CCC(O)CCCC2=O. The number of carbonyl (C=O) groups excluding carboxylic acids is 2. The lowest BCUT2D eigenvalue weighted by atomic mass is 9.92. The number of nitrogens with one attached hydrogen (secondary N) is 1. The summed E-state index contributed by atoms with van der Waals surface area (Å²) in [4.78, 5) is 29.3. The molecule has 1 aromatic carbocycles. The summed E-state index contributed by atoms with van der Waals surface area (Å²) in [6, 6.07) is 8.29. The molecule has 4 bridgehead atoms. The molecular weight excluding hydrogens is 614 g/mol. The Kier molecular flexibility index (Phi) is 9.59. The maximum Gasteiger partial charge on any atom is 0.426 e. The van der Waals surface area contributed by atoms with Crippen molar-refractivity contribution in [3.8, 4) is 11.6 Å². The number of rotatable bonds is 4. The van der Waals surface area contributed by atoms with E-state index in [0.29, 0.717) is 11.6 Å². The van der Waals surface area contributed by atoms with Crippen molar-refractivity contribution < 1.29 is 54.9 Å². The topological polar surface area (TPSA) is 137 Å². The van der Waals surface area contributed by atoms with Gasteiger partial charge in [0.25, 0.3) is 11.8 Å². The van der Waals surface area contributed by atoms with E-state index in [1.54, 1.807) is 18.2 Å². The number of fused-ring (bicyclic) bond motifs is 5. The normalized spacial score (nSPS) is 20.0. The summed E-state index contributed by atoms with van der Waals surface area (Å²) in [6.45, 7) is 3.92. The van der Waals surface area contributed by atoms with Gasteiger partial charge < -0.3 is 19.0 Å². The van der Waals surface area contributed by atoms with Crippen molar-refractivity contribution in [2.24, 2.45) is 0 Å². The van der Waals surface area contributed by atoms with Gasteiger partial charge in [-0.1, -0.05) is 30.3 Å². The predicted molar refractivity (Wildman–Crippen MR) is 145 cm³/mol. The van der Waals surface area contributed by atoms with Gasteiger partial charge in [0, 0.05) is 6.42 Å². The highest BCUT2D eigenvalue weighted by molar-refractivity contribution is 5.98. The number of carbonyl (C=O) groups is 2. The number of pyridine rings is 1. The van der Waals surface area contributed by atoms with Gasteiger partial charge in [0.15, 0.2) is 11.5 Å². The maximum absolute atomic E-state index is 14.9. The third-order valence-corrected chi connectivity index (χ3v) is 6.76. The summed E-state index contributed by atoms with van der Waals surface area (Å²) >= 11 is 0. The van der Waals surface area contributed by atoms with E-state index in [9.17, 15) is 41.0 Å². The standard InChI is InChI=1S/C29H30F6N4O6/c1-26(2,3)45-25(42)36-19-14-18(28(30,31)32)21-20(41)11-7-10-17(40)12-13-27(29(33,34)35,43-15-16-8-5-4-6-9-16)24-39-38-23(44-24)22(19)37-21/h4-6,8-9,14,17,40H,7,10-13,15H2,1-3H3,(H,36,42)/t17?,27-/m1/s1. The number of alkyl halides is 6. The third-order valence-electron chi connectivity index (χ3n) is 6.76. The first kappa shape index (κ1) is 33.8. The Balaban J connectivity index is 1.92. The van der Waals surface area contributed by atoms with Crippen molar-refractivity contribution in [2.75, 3.05) is 5.32 Å². The highest BCUT2D eigenvalue weighted by Gasteiger charge is 2.61. The van der Waals surface area contributed by atoms with Crippen LogP contribution in [0.25, 0.3) is 11.6 Å². The number of ketones is 1. The molecule has 0 spiro atoms. The molecule has 1 unspecified atom stereocenters. The quantitative estimate of drug-likeness (QED) is 0.288. The summed E-state index contributed by atoms with van der Waals surface area (Å²) < 4.78 is 103. The van der Waals surface area contributed by atoms with Gasteiger partial charge in [-0.05, 0) is 58.1 Å². The molecule has 0 saturated carbocycles. The summed E-state index contributed by atoms with van der Waals surface area (Å²) in [5.74, 6) is -3.02. The van der Waals surface area contributed by atoms with Gasteiger partial charge in [-0.25, -0.2) is 9.78 Å². The van der Waals surface area contributed by atoms with Gasteiger partial charge in [0.2, 0.25) is 5.60 Å². The van der Waals surface area contributed by atoms with E-state index >= 15 is 0 Å². The fourth-order valence-electron chi connectivity index (χ4n) is 4.59. The van der Waals surface area contributed by atoms with Crippen molar-refractivity contribution in [2.45, 2.75) is 89.1 Å². The minimum Gasteiger partial charge on any atom is -0.444 e. The molecule has 3 heterocycles. The number of nitrogens with zero attached hydrogens (tertiary/aromatic N) is 3. The van der Waals surface area contributed by atoms with Crippen molar-refractivity contribution in [3.63, 3.8) is 0 Å². The number of ether oxygens (including phenoxy) is 2. The van der Waals surface area contributed by atoms with E-state index in [1.165, 1.54) is 32.9 Å². The van der Waals surface area contributed by atoms with Gasteiger partial charge in [-0.15, -0.1) is 10.2 Å². The second-order valence-corrected chi connectivity index (χ2v) is 11.4. The molecule has 244 valence electrons. The molecule has 0 saturated heterocycles. The Morgan fingerprint density at radius 1 is 1.07 bits per heavy atom. The van der Waals surface area contributed by atoms with Crippen LogP contribution in [0, 0.1) is 0 Å². The van der Waals surface area contributed by atoms with Gasteiger partial charge in [-0.3, -0.25) is 10.1 Å². The molecule has 16 heteroatoms. The number of aliphatic hydroxyl groups is 1. The number of aromatic nitrogens is 3. The van der Waals surface area contributed by atoms with Gasteiger partial charge in [0.05, 0.1) is 24.0 Å². The zero-order valence-corrected chi connectivity index (χ0v) is 24.4. The Morgan fingerprint density at radius 3 is 2.38 bits per heavy atom. The zero-order valence-electron chi connectivity index (χ0n) is 24.4. The second kappa shape index (κ2) is 12.7. The lowest BCUT2D eigenvalue weighted by Gasteiger charge is -2.33. The molecule has 1 aliphatic rings. The van der Waals surface area contributed by atoms with E-state index in [1.807, 2.05) is 0 Å². The summed E-state index contributed by atoms with van der Waals surface area (Å²) in [5, 5.41) is 19.8. The third kappa shape index (κ3) is 7.97. The van der Waals surface area contributed by atoms with Crippen LogP contribution in [0.4, 0.5) is 36.8 Å². The van der Waals surface area contributed by atoms with E-state index in [0.717, 1.165) is 0 Å². The number of aliphatic hydroxyl groups excluding tert-OH is 1. The predicted octanol–water partition coefficient (Wildman–Crippen LogP) is 6.98. The molecule has 1 aliphatic heterocycles. The Labute approximate surface area is 253 Å². The molecule has 4 rings (SSSR count). The Morgan fingerprint density at radius 2 is 1.76 bits per heavy atom. The average molecular weight is 645 g/mol. The zero-order chi connectivity index (χ0) is 33.2. The first-order valence-corrected chi connectivity index (χ1v) is 13.8. The van der Waals surface area contributed by atoms with Crippen LogP contribution in [0.2, 0.25) is 0 Å². The monoisotopic (exact) mass is 644 g/mol. The molecule has 3 aromatic rings. The Bertz CT molecular complexity index is 1520. The highest BCUT2D eigenvalue weighted by atomic mass is 19.4. The lowest BCUT2D eigenvalue weighted by Crippen LogP contribution is -2.45. The molecular formula is C29H30F6N4O6.